The summed E-state index contributed by atoms with van der Waals surface area (Å²) in [4.78, 5) is 67.4. The summed E-state index contributed by atoms with van der Waals surface area (Å²) in [6.07, 6.45) is 5.10. The van der Waals surface area contributed by atoms with Crippen LogP contribution in [0.25, 0.3) is 0 Å². The molecule has 2 saturated carbocycles. The van der Waals surface area contributed by atoms with Crippen molar-refractivity contribution < 1.29 is 28.7 Å². The van der Waals surface area contributed by atoms with Gasteiger partial charge in [0, 0.05) is 5.56 Å². The van der Waals surface area contributed by atoms with Crippen LogP contribution in [0.2, 0.25) is 5.02 Å². The molecule has 3 aromatic rings. The van der Waals surface area contributed by atoms with Crippen molar-refractivity contribution in [3.05, 3.63) is 113 Å². The van der Waals surface area contributed by atoms with Gasteiger partial charge < -0.3 is 4.74 Å². The zero-order valence-electron chi connectivity index (χ0n) is 22.3. The van der Waals surface area contributed by atoms with E-state index in [-0.39, 0.29) is 33.7 Å². The highest BCUT2D eigenvalue weighted by Crippen LogP contribution is 2.65. The third kappa shape index (κ3) is 4.25. The highest BCUT2D eigenvalue weighted by molar-refractivity contribution is 6.34. The van der Waals surface area contributed by atoms with Gasteiger partial charge in [-0.05, 0) is 78.6 Å². The first-order valence-electron chi connectivity index (χ1n) is 13.9. The number of Topliss-reactive ketones (excluding diaryl/α,β-unsaturated/α-hetero) is 1. The molecule has 0 aromatic heterocycles. The van der Waals surface area contributed by atoms with Crippen molar-refractivity contribution in [3.63, 3.8) is 0 Å². The van der Waals surface area contributed by atoms with E-state index >= 15 is 0 Å². The molecule has 210 valence electrons. The Bertz CT molecular complexity index is 1630. The van der Waals surface area contributed by atoms with Crippen LogP contribution in [0.1, 0.15) is 37.5 Å². The van der Waals surface area contributed by atoms with E-state index in [9.17, 15) is 24.0 Å². The maximum atomic E-state index is 13.8. The van der Waals surface area contributed by atoms with Crippen LogP contribution in [0.3, 0.4) is 0 Å². The first kappa shape index (κ1) is 26.3. The second-order valence-corrected chi connectivity index (χ2v) is 11.6. The van der Waals surface area contributed by atoms with E-state index in [0.29, 0.717) is 17.4 Å². The number of hydrogen-bond acceptors (Lipinski definition) is 6. The summed E-state index contributed by atoms with van der Waals surface area (Å²) in [5.41, 5.74) is 0.674. The van der Waals surface area contributed by atoms with Crippen LogP contribution in [0.4, 0.5) is 0 Å². The van der Waals surface area contributed by atoms with Crippen LogP contribution >= 0.6 is 11.6 Å². The van der Waals surface area contributed by atoms with Crippen molar-refractivity contribution in [1.82, 2.24) is 10.0 Å². The molecule has 0 N–H and O–H groups in total. The van der Waals surface area contributed by atoms with Gasteiger partial charge in [0.2, 0.25) is 0 Å². The fourth-order valence-electron chi connectivity index (χ4n) is 6.86. The molecule has 1 saturated heterocycles. The van der Waals surface area contributed by atoms with Gasteiger partial charge >= 0.3 is 5.97 Å². The van der Waals surface area contributed by atoms with E-state index in [0.717, 1.165) is 16.4 Å². The van der Waals surface area contributed by atoms with E-state index in [1.54, 1.807) is 42.5 Å². The van der Waals surface area contributed by atoms with Crippen LogP contribution in [-0.4, -0.2) is 46.0 Å². The molecule has 0 spiro atoms. The van der Waals surface area contributed by atoms with Gasteiger partial charge in [-0.3, -0.25) is 19.2 Å². The lowest BCUT2D eigenvalue weighted by atomic mass is 9.63. The van der Waals surface area contributed by atoms with Crippen molar-refractivity contribution in [2.45, 2.75) is 6.42 Å². The Kier molecular flexibility index (Phi) is 6.31. The van der Waals surface area contributed by atoms with Gasteiger partial charge in [0.15, 0.2) is 5.78 Å². The highest BCUT2D eigenvalue weighted by Gasteiger charge is 2.68. The lowest BCUT2D eigenvalue weighted by molar-refractivity contribution is -0.154. The summed E-state index contributed by atoms with van der Waals surface area (Å²) >= 11 is 6.33. The minimum Gasteiger partial charge on any atom is -0.423 e. The molecule has 8 nitrogen and oxygen atoms in total. The van der Waals surface area contributed by atoms with Crippen molar-refractivity contribution in [2.24, 2.45) is 35.5 Å². The molecular weight excluding hydrogens is 556 g/mol. The quantitative estimate of drug-likeness (QED) is 0.130. The highest BCUT2D eigenvalue weighted by atomic mass is 35.5. The minimum absolute atomic E-state index is 0.0365. The van der Waals surface area contributed by atoms with E-state index in [1.165, 1.54) is 36.4 Å². The average Bonchev–Trinajstić information content (AvgIpc) is 3.79. The first-order chi connectivity index (χ1) is 20.3. The van der Waals surface area contributed by atoms with Gasteiger partial charge in [0.25, 0.3) is 17.7 Å². The van der Waals surface area contributed by atoms with E-state index in [1.807, 2.05) is 12.2 Å². The number of ketones is 1. The largest absolute Gasteiger partial charge is 0.423 e. The number of allylic oxidation sites excluding steroid dienone is 2. The third-order valence-electron chi connectivity index (χ3n) is 8.91. The van der Waals surface area contributed by atoms with Gasteiger partial charge in [0.05, 0.1) is 28.0 Å². The summed E-state index contributed by atoms with van der Waals surface area (Å²) in [6, 6.07) is 20.7. The third-order valence-corrected chi connectivity index (χ3v) is 9.24. The molecule has 2 bridgehead atoms. The monoisotopic (exact) mass is 580 g/mol. The predicted octanol–water partition coefficient (Wildman–Crippen LogP) is 4.85. The maximum Gasteiger partial charge on any atom is 0.343 e. The Morgan fingerprint density at radius 1 is 0.786 bits per heavy atom. The molecule has 6 atom stereocenters. The number of benzene rings is 3. The number of carbonyl (C=O) groups excluding carboxylic acids is 5. The second-order valence-electron chi connectivity index (χ2n) is 11.2. The van der Waals surface area contributed by atoms with Gasteiger partial charge in [-0.25, -0.2) is 9.80 Å². The number of ether oxygens (including phenoxy) is 1. The minimum atomic E-state index is -0.715. The van der Waals surface area contributed by atoms with Crippen molar-refractivity contribution in [3.8, 4) is 5.75 Å². The normalized spacial score (nSPS) is 26.5. The van der Waals surface area contributed by atoms with Crippen LogP contribution < -0.4 is 4.74 Å². The van der Waals surface area contributed by atoms with E-state index in [2.05, 4.69) is 0 Å². The predicted molar refractivity (Wildman–Crippen MR) is 151 cm³/mol. The number of nitrogens with zero attached hydrogens (tertiary/aromatic N) is 2. The number of hydrazine groups is 1. The molecule has 0 unspecified atom stereocenters. The molecule has 1 heterocycles. The summed E-state index contributed by atoms with van der Waals surface area (Å²) in [5.74, 6) is -2.79. The number of amides is 3. The molecule has 4 aliphatic carbocycles. The molecule has 9 heteroatoms. The Balaban J connectivity index is 1.15. The Morgan fingerprint density at radius 3 is 2.00 bits per heavy atom. The fraction of sp³-hybridized carbons (Fsp3) is 0.242. The molecule has 1 aliphatic heterocycles. The van der Waals surface area contributed by atoms with Crippen LogP contribution in [0, 0.1) is 35.5 Å². The summed E-state index contributed by atoms with van der Waals surface area (Å²) in [6.45, 7) is -0.556. The van der Waals surface area contributed by atoms with Crippen LogP contribution in [-0.2, 0) is 9.59 Å². The first-order valence-corrected chi connectivity index (χ1v) is 14.2. The zero-order valence-corrected chi connectivity index (χ0v) is 23.0. The molecule has 5 aliphatic rings. The molecule has 42 heavy (non-hydrogen) atoms. The smallest absolute Gasteiger partial charge is 0.343 e. The van der Waals surface area contributed by atoms with Crippen LogP contribution in [0.5, 0.6) is 5.75 Å². The molecule has 0 radical (unpaired) electrons. The molecule has 8 rings (SSSR count). The van der Waals surface area contributed by atoms with Gasteiger partial charge in [0.1, 0.15) is 12.3 Å². The standard InChI is InChI=1S/C33H25ClN2O6/c34-26-9-5-4-8-23(26)30(38)35(36-31(39)28-21-14-15-22(25-16-24(21)25)29(28)32(36)40)17-27(37)18-10-12-20(13-11-18)42-33(41)19-6-2-1-3-7-19/h1-15,21-22,24-25,28-29H,16-17H2/t21-,22-,24-,25-,28-,29+/m0/s1. The van der Waals surface area contributed by atoms with Crippen molar-refractivity contribution in [2.75, 3.05) is 6.54 Å². The van der Waals surface area contributed by atoms with Crippen LogP contribution in [0.15, 0.2) is 91.0 Å². The van der Waals surface area contributed by atoms with Gasteiger partial charge in [-0.1, -0.05) is 54.1 Å². The number of halogens is 1. The fourth-order valence-corrected chi connectivity index (χ4v) is 7.08. The second kappa shape index (κ2) is 10.1. The maximum absolute atomic E-state index is 13.8. The van der Waals surface area contributed by atoms with Crippen molar-refractivity contribution >= 4 is 41.1 Å². The Morgan fingerprint density at radius 2 is 1.38 bits per heavy atom. The zero-order chi connectivity index (χ0) is 29.1. The summed E-state index contributed by atoms with van der Waals surface area (Å²) in [7, 11) is 0. The number of carbonyl (C=O) groups is 5. The SMILES string of the molecule is O=C(CN(C(=O)c1ccccc1Cl)N1C(=O)[C@@H]2[C@H]3C=C[C@@H]([C@@H]4C[C@@H]34)[C@@H]2C1=O)c1ccc(OC(=O)c2ccccc2)cc1. The van der Waals surface area contributed by atoms with E-state index < -0.39 is 47.9 Å². The molecule has 3 amide bonds. The topological polar surface area (TPSA) is 101 Å². The molecule has 3 fully saturated rings. The Labute approximate surface area is 246 Å². The van der Waals surface area contributed by atoms with E-state index in [4.69, 9.17) is 16.3 Å². The number of hydrogen-bond donors (Lipinski definition) is 0. The number of esters is 1. The number of rotatable bonds is 7. The molecular formula is C33H25ClN2O6. The summed E-state index contributed by atoms with van der Waals surface area (Å²) in [5, 5.41) is 1.98. The lowest BCUT2D eigenvalue weighted by Gasteiger charge is -2.37. The van der Waals surface area contributed by atoms with Crippen molar-refractivity contribution in [1.29, 1.82) is 0 Å². The average molecular weight is 581 g/mol. The number of imide groups is 1. The van der Waals surface area contributed by atoms with Gasteiger partial charge in [-0.15, -0.1) is 0 Å². The Hall–Kier alpha value is -4.56. The van der Waals surface area contributed by atoms with Gasteiger partial charge in [-0.2, -0.15) is 5.01 Å². The molecule has 3 aromatic carbocycles. The summed E-state index contributed by atoms with van der Waals surface area (Å²) < 4.78 is 5.39. The lowest BCUT2D eigenvalue weighted by Crippen LogP contribution is -2.52.